The number of halogens is 1. The molecule has 0 heterocycles. The third kappa shape index (κ3) is 4.41. The number of ether oxygens (including phenoxy) is 1. The number of hydrogen-bond donors (Lipinski definition) is 0. The van der Waals surface area contributed by atoms with Gasteiger partial charge in [-0.3, -0.25) is 4.79 Å². The predicted octanol–water partition coefficient (Wildman–Crippen LogP) is 8.40. The van der Waals surface area contributed by atoms with Gasteiger partial charge in [-0.15, -0.1) is 0 Å². The van der Waals surface area contributed by atoms with Crippen molar-refractivity contribution in [2.24, 2.45) is 34.5 Å². The molecule has 32 heavy (non-hydrogen) atoms. The third-order valence-electron chi connectivity index (χ3n) is 10.1. The Hall–Kier alpha value is -0.570. The van der Waals surface area contributed by atoms with Crippen LogP contribution in [0, 0.1) is 34.5 Å². The van der Waals surface area contributed by atoms with E-state index in [0.717, 1.165) is 36.5 Å². The van der Waals surface area contributed by atoms with Crippen molar-refractivity contribution in [1.82, 2.24) is 0 Å². The van der Waals surface area contributed by atoms with Crippen LogP contribution >= 0.6 is 15.9 Å². The summed E-state index contributed by atoms with van der Waals surface area (Å²) < 4.78 is 5.71. The Kier molecular flexibility index (Phi) is 7.36. The number of carbonyl (C=O) groups excluding carboxylic acids is 1. The van der Waals surface area contributed by atoms with Gasteiger partial charge in [0.05, 0.1) is 0 Å². The monoisotopic (exact) mass is 504 g/mol. The Morgan fingerprint density at radius 1 is 1.16 bits per heavy atom. The minimum absolute atomic E-state index is 0.0827. The van der Waals surface area contributed by atoms with Crippen molar-refractivity contribution in [1.29, 1.82) is 0 Å². The van der Waals surface area contributed by atoms with Crippen molar-refractivity contribution >= 4 is 21.9 Å². The number of alkyl halides is 1. The lowest BCUT2D eigenvalue weighted by Gasteiger charge is -2.57. The Bertz CT molecular complexity index is 780. The van der Waals surface area contributed by atoms with Gasteiger partial charge in [0.25, 0.3) is 0 Å². The molecule has 0 N–H and O–H groups in total. The summed E-state index contributed by atoms with van der Waals surface area (Å²) in [6.45, 7) is 12.3. The molecule has 0 saturated heterocycles. The van der Waals surface area contributed by atoms with E-state index in [0.29, 0.717) is 16.2 Å². The van der Waals surface area contributed by atoms with Crippen LogP contribution < -0.4 is 0 Å². The van der Waals surface area contributed by atoms with Gasteiger partial charge in [0.15, 0.2) is 0 Å². The van der Waals surface area contributed by atoms with Gasteiger partial charge in [0.1, 0.15) is 11.4 Å². The fourth-order valence-electron chi connectivity index (χ4n) is 8.39. The maximum atomic E-state index is 11.8. The van der Waals surface area contributed by atoms with Gasteiger partial charge in [-0.2, -0.15) is 0 Å². The fourth-order valence-corrected chi connectivity index (χ4v) is 8.52. The number of rotatable bonds is 6. The topological polar surface area (TPSA) is 26.3 Å². The summed E-state index contributed by atoms with van der Waals surface area (Å²) in [6.07, 6.45) is 16.6. The van der Waals surface area contributed by atoms with E-state index in [1.165, 1.54) is 57.8 Å². The third-order valence-corrected chi connectivity index (χ3v) is 10.6. The summed E-state index contributed by atoms with van der Waals surface area (Å²) in [5, 5.41) is 0.303. The molecule has 2 unspecified atom stereocenters. The van der Waals surface area contributed by atoms with E-state index in [1.807, 2.05) is 5.57 Å². The molecule has 3 fully saturated rings. The van der Waals surface area contributed by atoms with Crippen LogP contribution in [0.2, 0.25) is 0 Å². The smallest absolute Gasteiger partial charge is 0.316 e. The molecule has 0 radical (unpaired) electrons. The largest absolute Gasteiger partial charge is 0.461 e. The first kappa shape index (κ1) is 24.6. The van der Waals surface area contributed by atoms with Crippen molar-refractivity contribution in [3.8, 4) is 0 Å². The minimum Gasteiger partial charge on any atom is -0.461 e. The van der Waals surface area contributed by atoms with Gasteiger partial charge < -0.3 is 4.74 Å². The molecule has 4 rings (SSSR count). The molecule has 3 heteroatoms. The number of fused-ring (bicyclic) bond motifs is 5. The molecule has 0 amide bonds. The number of carbonyl (C=O) groups is 1. The molecule has 0 aliphatic heterocycles. The SMILES string of the molecule is C/C(CCCC(C)C)=C1/CC[C@H]2C3CC=C4CC(OC(=O)CBr)CC[C@]4(C)[C@H]3CC[C@]12C. The average Bonchev–Trinajstić information content (AvgIpc) is 3.11. The molecule has 0 bridgehead atoms. The predicted molar refractivity (Wildman–Crippen MR) is 137 cm³/mol. The zero-order valence-electron chi connectivity index (χ0n) is 21.1. The summed E-state index contributed by atoms with van der Waals surface area (Å²) in [5.74, 6) is 3.21. The lowest BCUT2D eigenvalue weighted by atomic mass is 9.47. The van der Waals surface area contributed by atoms with E-state index in [2.05, 4.69) is 56.6 Å². The van der Waals surface area contributed by atoms with Gasteiger partial charge in [-0.25, -0.2) is 0 Å². The van der Waals surface area contributed by atoms with Crippen LogP contribution in [0.3, 0.4) is 0 Å². The molecule has 3 saturated carbocycles. The summed E-state index contributed by atoms with van der Waals surface area (Å²) in [6, 6.07) is 0. The van der Waals surface area contributed by atoms with Crippen molar-refractivity contribution in [2.75, 3.05) is 5.33 Å². The Balaban J connectivity index is 1.50. The van der Waals surface area contributed by atoms with Gasteiger partial charge in [-0.05, 0) is 99.2 Å². The zero-order chi connectivity index (χ0) is 23.1. The first-order valence-corrected chi connectivity index (χ1v) is 14.4. The highest BCUT2D eigenvalue weighted by Crippen LogP contribution is 2.66. The van der Waals surface area contributed by atoms with Gasteiger partial charge in [0.2, 0.25) is 0 Å². The first-order valence-electron chi connectivity index (χ1n) is 13.3. The van der Waals surface area contributed by atoms with E-state index in [9.17, 15) is 4.79 Å². The highest BCUT2D eigenvalue weighted by Gasteiger charge is 2.57. The second kappa shape index (κ2) is 9.59. The van der Waals surface area contributed by atoms with Crippen LogP contribution in [0.4, 0.5) is 0 Å². The Labute approximate surface area is 205 Å². The quantitative estimate of drug-likeness (QED) is 0.206. The molecule has 0 spiro atoms. The molecule has 0 aromatic carbocycles. The normalized spacial score (nSPS) is 40.3. The van der Waals surface area contributed by atoms with Gasteiger partial charge in [0, 0.05) is 6.42 Å². The maximum absolute atomic E-state index is 11.8. The molecule has 4 aliphatic carbocycles. The number of hydrogen-bond acceptors (Lipinski definition) is 2. The molecule has 0 aromatic heterocycles. The molecule has 6 atom stereocenters. The standard InChI is InChI=1S/C29H45BrO2/c1-19(2)7-6-8-20(3)24-11-12-25-23-10-9-21-17-22(32-27(31)18-30)13-15-28(21,4)26(23)14-16-29(24,25)5/h9,19,22-23,25-26H,6-8,10-18H2,1-5H3/b24-20+/t22?,23?,25-,26-,28-,29+/m0/s1. The summed E-state index contributed by atoms with van der Waals surface area (Å²) in [4.78, 5) is 11.8. The van der Waals surface area contributed by atoms with E-state index in [4.69, 9.17) is 4.74 Å². The maximum Gasteiger partial charge on any atom is 0.316 e. The highest BCUT2D eigenvalue weighted by atomic mass is 79.9. The van der Waals surface area contributed by atoms with Crippen molar-refractivity contribution in [2.45, 2.75) is 111 Å². The first-order chi connectivity index (χ1) is 15.2. The van der Waals surface area contributed by atoms with E-state index < -0.39 is 0 Å². The lowest BCUT2D eigenvalue weighted by Crippen LogP contribution is -2.49. The molecule has 180 valence electrons. The Morgan fingerprint density at radius 2 is 1.88 bits per heavy atom. The summed E-state index contributed by atoms with van der Waals surface area (Å²) >= 11 is 3.24. The van der Waals surface area contributed by atoms with E-state index in [1.54, 1.807) is 11.1 Å². The molecular weight excluding hydrogens is 460 g/mol. The lowest BCUT2D eigenvalue weighted by molar-refractivity contribution is -0.147. The van der Waals surface area contributed by atoms with Gasteiger partial charge in [-0.1, -0.05) is 72.8 Å². The van der Waals surface area contributed by atoms with Crippen molar-refractivity contribution < 1.29 is 9.53 Å². The second-order valence-corrected chi connectivity index (χ2v) is 12.8. The molecular formula is C29H45BrO2. The summed E-state index contributed by atoms with van der Waals surface area (Å²) in [5.41, 5.74) is 5.92. The van der Waals surface area contributed by atoms with Crippen LogP contribution in [0.5, 0.6) is 0 Å². The van der Waals surface area contributed by atoms with Crippen LogP contribution in [-0.4, -0.2) is 17.4 Å². The minimum atomic E-state index is -0.115. The van der Waals surface area contributed by atoms with Crippen molar-refractivity contribution in [3.05, 3.63) is 22.8 Å². The summed E-state index contributed by atoms with van der Waals surface area (Å²) in [7, 11) is 0. The van der Waals surface area contributed by atoms with Crippen LogP contribution in [0.25, 0.3) is 0 Å². The number of esters is 1. The van der Waals surface area contributed by atoms with Crippen LogP contribution in [-0.2, 0) is 9.53 Å². The molecule has 4 aliphatic rings. The number of allylic oxidation sites excluding steroid dienone is 3. The molecule has 2 nitrogen and oxygen atoms in total. The fraction of sp³-hybridized carbons (Fsp3) is 0.828. The average molecular weight is 506 g/mol. The van der Waals surface area contributed by atoms with E-state index in [-0.39, 0.29) is 12.1 Å². The zero-order valence-corrected chi connectivity index (χ0v) is 22.7. The Morgan fingerprint density at radius 3 is 2.59 bits per heavy atom. The highest BCUT2D eigenvalue weighted by molar-refractivity contribution is 9.09. The van der Waals surface area contributed by atoms with E-state index >= 15 is 0 Å². The van der Waals surface area contributed by atoms with Crippen molar-refractivity contribution in [3.63, 3.8) is 0 Å². The van der Waals surface area contributed by atoms with Crippen LogP contribution in [0.15, 0.2) is 22.8 Å². The van der Waals surface area contributed by atoms with Gasteiger partial charge >= 0.3 is 5.97 Å². The second-order valence-electron chi connectivity index (χ2n) is 12.3. The molecule has 0 aromatic rings. The van der Waals surface area contributed by atoms with Crippen LogP contribution in [0.1, 0.15) is 105 Å².